The first-order chi connectivity index (χ1) is 19.2. The predicted octanol–water partition coefficient (Wildman–Crippen LogP) is 7.37. The molecule has 6 nitrogen and oxygen atoms in total. The van der Waals surface area contributed by atoms with Gasteiger partial charge in [0.2, 0.25) is 5.82 Å². The van der Waals surface area contributed by atoms with Crippen LogP contribution in [0.25, 0.3) is 17.0 Å². The molecule has 1 N–H and O–H groups in total. The number of alkyl halides is 3. The average molecular weight is 570 g/mol. The van der Waals surface area contributed by atoms with Gasteiger partial charge in [0.1, 0.15) is 0 Å². The van der Waals surface area contributed by atoms with Crippen molar-refractivity contribution in [2.24, 2.45) is 11.3 Å². The quantitative estimate of drug-likeness (QED) is 0.320. The first-order valence-corrected chi connectivity index (χ1v) is 14.1. The molecular formula is C30H30F3N3O3S. The first kappa shape index (κ1) is 28.2. The third-order valence-electron chi connectivity index (χ3n) is 7.40. The molecule has 210 valence electrons. The summed E-state index contributed by atoms with van der Waals surface area (Å²) >= 11 is 1.75. The Morgan fingerprint density at radius 2 is 1.80 bits per heavy atom. The Morgan fingerprint density at radius 1 is 1.07 bits per heavy atom. The van der Waals surface area contributed by atoms with Gasteiger partial charge in [-0.15, -0.1) is 11.8 Å². The number of thioether (sulfide) groups is 1. The summed E-state index contributed by atoms with van der Waals surface area (Å²) in [6.45, 7) is 6.06. The third kappa shape index (κ3) is 6.02. The summed E-state index contributed by atoms with van der Waals surface area (Å²) in [6.07, 6.45) is -2.32. The van der Waals surface area contributed by atoms with Gasteiger partial charge in [0.15, 0.2) is 0 Å². The number of hydrogen-bond donors (Lipinski definition) is 1. The van der Waals surface area contributed by atoms with E-state index in [0.717, 1.165) is 19.3 Å². The number of nitrogens with one attached hydrogen (secondary N) is 1. The Morgan fingerprint density at radius 3 is 2.48 bits per heavy atom. The summed E-state index contributed by atoms with van der Waals surface area (Å²) in [4.78, 5) is 18.0. The molecule has 1 fully saturated rings. The minimum absolute atomic E-state index is 0.228. The van der Waals surface area contributed by atoms with Crippen molar-refractivity contribution in [3.8, 4) is 11.4 Å². The maximum Gasteiger partial charge on any atom is 0.471 e. The van der Waals surface area contributed by atoms with Crippen LogP contribution in [0, 0.1) is 11.3 Å². The van der Waals surface area contributed by atoms with Crippen molar-refractivity contribution in [2.75, 3.05) is 19.8 Å². The largest absolute Gasteiger partial charge is 0.471 e. The summed E-state index contributed by atoms with van der Waals surface area (Å²) in [6, 6.07) is 16.6. The van der Waals surface area contributed by atoms with Crippen LogP contribution in [0.5, 0.6) is 0 Å². The summed E-state index contributed by atoms with van der Waals surface area (Å²) in [5, 5.41) is 8.78. The predicted molar refractivity (Wildman–Crippen MR) is 148 cm³/mol. The molecule has 3 heterocycles. The van der Waals surface area contributed by atoms with Gasteiger partial charge in [0, 0.05) is 36.3 Å². The van der Waals surface area contributed by atoms with Gasteiger partial charge < -0.3 is 14.6 Å². The second-order valence-electron chi connectivity index (χ2n) is 10.4. The second-order valence-corrected chi connectivity index (χ2v) is 11.3. The smallest absolute Gasteiger partial charge is 0.381 e. The van der Waals surface area contributed by atoms with Crippen molar-refractivity contribution in [1.82, 2.24) is 15.5 Å². The van der Waals surface area contributed by atoms with Gasteiger partial charge >= 0.3 is 12.1 Å². The number of benzene rings is 2. The molecule has 0 bridgehead atoms. The second kappa shape index (κ2) is 11.6. The highest BCUT2D eigenvalue weighted by Crippen LogP contribution is 2.51. The lowest BCUT2D eigenvalue weighted by Gasteiger charge is -2.42. The molecule has 0 atom stereocenters. The van der Waals surface area contributed by atoms with E-state index >= 15 is 0 Å². The van der Waals surface area contributed by atoms with E-state index in [2.05, 4.69) is 51.4 Å². The minimum atomic E-state index is -4.74. The Bertz CT molecular complexity index is 1420. The van der Waals surface area contributed by atoms with E-state index in [1.807, 2.05) is 18.2 Å². The molecule has 3 aromatic rings. The highest BCUT2D eigenvalue weighted by atomic mass is 32.2. The van der Waals surface area contributed by atoms with Crippen LogP contribution in [0.1, 0.15) is 54.9 Å². The Balaban J connectivity index is 1.37. The molecule has 2 aliphatic rings. The molecule has 0 radical (unpaired) electrons. The van der Waals surface area contributed by atoms with E-state index in [-0.39, 0.29) is 22.7 Å². The lowest BCUT2D eigenvalue weighted by molar-refractivity contribution is -0.159. The van der Waals surface area contributed by atoms with Crippen LogP contribution in [-0.4, -0.2) is 35.8 Å². The number of rotatable bonds is 7. The number of nitrogens with zero attached hydrogens (tertiary/aromatic N) is 2. The first-order valence-electron chi connectivity index (χ1n) is 13.2. The zero-order valence-electron chi connectivity index (χ0n) is 22.3. The maximum absolute atomic E-state index is 13.3. The van der Waals surface area contributed by atoms with Gasteiger partial charge in [-0.1, -0.05) is 67.0 Å². The number of hydrogen-bond acceptors (Lipinski definition) is 6. The van der Waals surface area contributed by atoms with Crippen molar-refractivity contribution in [3.63, 3.8) is 0 Å². The van der Waals surface area contributed by atoms with Crippen molar-refractivity contribution in [2.45, 2.75) is 39.3 Å². The van der Waals surface area contributed by atoms with E-state index in [9.17, 15) is 18.0 Å². The number of carbonyl (C=O) groups excluding carboxylic acids is 1. The molecule has 0 saturated carbocycles. The van der Waals surface area contributed by atoms with Gasteiger partial charge in [-0.2, -0.15) is 18.2 Å². The van der Waals surface area contributed by atoms with Crippen LogP contribution >= 0.6 is 11.8 Å². The fraction of sp³-hybridized carbons (Fsp3) is 0.367. The number of halogens is 3. The van der Waals surface area contributed by atoms with Gasteiger partial charge in [0.25, 0.3) is 5.91 Å². The van der Waals surface area contributed by atoms with Crippen molar-refractivity contribution in [1.29, 1.82) is 0 Å². The van der Waals surface area contributed by atoms with Crippen LogP contribution in [0.2, 0.25) is 0 Å². The maximum atomic E-state index is 13.3. The van der Waals surface area contributed by atoms with E-state index in [0.29, 0.717) is 31.2 Å². The summed E-state index contributed by atoms with van der Waals surface area (Å²) in [7, 11) is 0. The SMILES string of the molecule is CC(C)C1=C(C2(CNC(=O)c3cccc(-c4noc(C(F)(F)F)n4)c3)CCOCC2)SC=C(c2ccccc2)C1. The Hall–Kier alpha value is -3.37. The van der Waals surface area contributed by atoms with Crippen LogP contribution in [0.4, 0.5) is 13.2 Å². The Labute approximate surface area is 235 Å². The Kier molecular flexibility index (Phi) is 8.19. The van der Waals surface area contributed by atoms with Gasteiger partial charge in [-0.3, -0.25) is 4.79 Å². The van der Waals surface area contributed by atoms with E-state index < -0.39 is 12.1 Å². The van der Waals surface area contributed by atoms with Crippen LogP contribution in [0.15, 0.2) is 75.0 Å². The standard InChI is InChI=1S/C30H30F3N3O3S/c1-19(2)24-16-23(20-7-4-3-5-8-20)17-40-25(24)29(11-13-38-14-12-29)18-34-27(37)22-10-6-9-21(15-22)26-35-28(39-36-26)30(31,32)33/h3-10,15,17,19H,11-14,16,18H2,1-2H3,(H,34,37). The molecule has 2 aromatic carbocycles. The van der Waals surface area contributed by atoms with Crippen molar-refractivity contribution >= 4 is 23.2 Å². The lowest BCUT2D eigenvalue weighted by Crippen LogP contribution is -2.43. The molecule has 0 spiro atoms. The molecule has 2 aliphatic heterocycles. The zero-order chi connectivity index (χ0) is 28.3. The fourth-order valence-electron chi connectivity index (χ4n) is 5.14. The lowest BCUT2D eigenvalue weighted by atomic mass is 9.75. The molecule has 1 saturated heterocycles. The highest BCUT2D eigenvalue weighted by Gasteiger charge is 2.41. The van der Waals surface area contributed by atoms with Crippen LogP contribution in [0.3, 0.4) is 0 Å². The topological polar surface area (TPSA) is 77.3 Å². The van der Waals surface area contributed by atoms with Gasteiger partial charge in [-0.25, -0.2) is 0 Å². The molecule has 5 rings (SSSR count). The number of aromatic nitrogens is 2. The molecule has 1 aromatic heterocycles. The summed E-state index contributed by atoms with van der Waals surface area (Å²) < 4.78 is 48.8. The summed E-state index contributed by atoms with van der Waals surface area (Å²) in [5.41, 5.74) is 4.17. The average Bonchev–Trinajstić information content (AvgIpc) is 3.48. The van der Waals surface area contributed by atoms with E-state index in [1.165, 1.54) is 33.7 Å². The fourth-order valence-corrected chi connectivity index (χ4v) is 6.61. The normalized spacial score (nSPS) is 17.6. The van der Waals surface area contributed by atoms with Gasteiger partial charge in [-0.05, 0) is 58.8 Å². The van der Waals surface area contributed by atoms with Crippen molar-refractivity contribution in [3.05, 3.63) is 87.5 Å². The van der Waals surface area contributed by atoms with E-state index in [4.69, 9.17) is 4.74 Å². The highest BCUT2D eigenvalue weighted by molar-refractivity contribution is 8.06. The monoisotopic (exact) mass is 569 g/mol. The number of allylic oxidation sites excluding steroid dienone is 2. The van der Waals surface area contributed by atoms with Gasteiger partial charge in [0.05, 0.1) is 0 Å². The van der Waals surface area contributed by atoms with Crippen molar-refractivity contribution < 1.29 is 27.2 Å². The number of carbonyl (C=O) groups is 1. The molecular weight excluding hydrogens is 539 g/mol. The molecule has 0 unspecified atom stereocenters. The van der Waals surface area contributed by atoms with Crippen LogP contribution < -0.4 is 5.32 Å². The minimum Gasteiger partial charge on any atom is -0.381 e. The van der Waals surface area contributed by atoms with E-state index in [1.54, 1.807) is 23.9 Å². The zero-order valence-corrected chi connectivity index (χ0v) is 23.1. The molecule has 10 heteroatoms. The summed E-state index contributed by atoms with van der Waals surface area (Å²) in [5.74, 6) is -1.64. The molecule has 0 aliphatic carbocycles. The number of amides is 1. The van der Waals surface area contributed by atoms with Crippen LogP contribution in [-0.2, 0) is 10.9 Å². The molecule has 40 heavy (non-hydrogen) atoms. The molecule has 1 amide bonds. The third-order valence-corrected chi connectivity index (χ3v) is 8.74. The number of ether oxygens (including phenoxy) is 1.